The molecule has 190 valence electrons. The van der Waals surface area contributed by atoms with Crippen molar-refractivity contribution in [3.05, 3.63) is 0 Å². The molecule has 0 rings (SSSR count). The van der Waals surface area contributed by atoms with Gasteiger partial charge in [-0.1, -0.05) is 6.42 Å². The number of carboxylic acid groups (broad SMARTS) is 2. The van der Waals surface area contributed by atoms with E-state index in [1.807, 2.05) is 0 Å². The van der Waals surface area contributed by atoms with Gasteiger partial charge < -0.3 is 48.5 Å². The van der Waals surface area contributed by atoms with Crippen LogP contribution in [0.5, 0.6) is 0 Å². The molecule has 4 unspecified atom stereocenters. The molecule has 33 heavy (non-hydrogen) atoms. The van der Waals surface area contributed by atoms with Gasteiger partial charge in [0.2, 0.25) is 17.7 Å². The number of nitrogens with two attached hydrogens (primary N) is 3. The van der Waals surface area contributed by atoms with E-state index in [0.29, 0.717) is 38.8 Å². The first kappa shape index (κ1) is 30.2. The Kier molecular flexibility index (Phi) is 15.3. The van der Waals surface area contributed by atoms with Crippen LogP contribution < -0.4 is 33.2 Å². The fraction of sp³-hybridized carbons (Fsp3) is 0.737. The Morgan fingerprint density at radius 1 is 0.697 bits per heavy atom. The average molecular weight is 477 g/mol. The van der Waals surface area contributed by atoms with E-state index in [1.54, 1.807) is 0 Å². The number of unbranched alkanes of at least 4 members (excludes halogenated alkanes) is 2. The topological polar surface area (TPSA) is 260 Å². The second-order valence-electron chi connectivity index (χ2n) is 7.48. The first-order valence-corrected chi connectivity index (χ1v) is 10.7. The Bertz CT molecular complexity index is 662. The zero-order valence-corrected chi connectivity index (χ0v) is 18.5. The summed E-state index contributed by atoms with van der Waals surface area (Å²) in [5.74, 6) is -5.50. The predicted octanol–water partition coefficient (Wildman–Crippen LogP) is -3.42. The van der Waals surface area contributed by atoms with Crippen molar-refractivity contribution >= 4 is 29.7 Å². The van der Waals surface area contributed by atoms with E-state index in [0.717, 1.165) is 0 Å². The van der Waals surface area contributed by atoms with Gasteiger partial charge in [-0.25, -0.2) is 4.79 Å². The van der Waals surface area contributed by atoms with Gasteiger partial charge in [0.15, 0.2) is 0 Å². The molecule has 0 aromatic carbocycles. The summed E-state index contributed by atoms with van der Waals surface area (Å²) in [4.78, 5) is 59.6. The van der Waals surface area contributed by atoms with Crippen LogP contribution in [0.15, 0.2) is 0 Å². The van der Waals surface area contributed by atoms with Gasteiger partial charge >= 0.3 is 11.9 Å². The summed E-state index contributed by atoms with van der Waals surface area (Å²) in [7, 11) is 0. The third-order valence-electron chi connectivity index (χ3n) is 4.69. The molecule has 4 atom stereocenters. The molecule has 0 saturated heterocycles. The SMILES string of the molecule is NCCCCC(N)C(=O)NC(CC(=O)O)C(=O)NC(CO)C(=O)NC(CCCCN)C(=O)O. The normalized spacial score (nSPS) is 14.4. The Hall–Kier alpha value is -2.81. The number of carbonyl (C=O) groups excluding carboxylic acids is 3. The van der Waals surface area contributed by atoms with Crippen molar-refractivity contribution in [1.29, 1.82) is 0 Å². The molecular weight excluding hydrogens is 440 g/mol. The fourth-order valence-electron chi connectivity index (χ4n) is 2.79. The van der Waals surface area contributed by atoms with E-state index < -0.39 is 66.9 Å². The van der Waals surface area contributed by atoms with Crippen LogP contribution in [0.2, 0.25) is 0 Å². The molecule has 0 heterocycles. The molecule has 14 nitrogen and oxygen atoms in total. The van der Waals surface area contributed by atoms with Crippen LogP contribution in [0.1, 0.15) is 44.9 Å². The minimum Gasteiger partial charge on any atom is -0.481 e. The summed E-state index contributed by atoms with van der Waals surface area (Å²) in [6.45, 7) is -0.124. The number of aliphatic hydroxyl groups excluding tert-OH is 1. The van der Waals surface area contributed by atoms with Crippen LogP contribution in [0.4, 0.5) is 0 Å². The van der Waals surface area contributed by atoms with E-state index in [9.17, 15) is 34.2 Å². The standard InChI is InChI=1S/C19H36N6O8/c20-7-3-1-5-11(22)16(29)24-13(9-15(27)28)17(30)25-14(10-26)18(31)23-12(19(32)33)6-2-4-8-21/h11-14,26H,1-10,20-22H2,(H,23,31)(H,24,29)(H,25,30)(H,27,28)(H,32,33). The van der Waals surface area contributed by atoms with E-state index in [-0.39, 0.29) is 12.8 Å². The number of hydrogen-bond acceptors (Lipinski definition) is 9. The zero-order valence-electron chi connectivity index (χ0n) is 18.5. The summed E-state index contributed by atoms with van der Waals surface area (Å²) in [6.07, 6.45) is 1.73. The predicted molar refractivity (Wildman–Crippen MR) is 117 cm³/mol. The lowest BCUT2D eigenvalue weighted by atomic mass is 10.1. The molecule has 0 aromatic heterocycles. The minimum absolute atomic E-state index is 0.0874. The van der Waals surface area contributed by atoms with Gasteiger partial charge in [-0.05, 0) is 45.2 Å². The lowest BCUT2D eigenvalue weighted by Crippen LogP contribution is -2.58. The molecule has 0 aliphatic heterocycles. The maximum atomic E-state index is 12.5. The van der Waals surface area contributed by atoms with Crippen LogP contribution in [-0.4, -0.2) is 88.8 Å². The fourth-order valence-corrected chi connectivity index (χ4v) is 2.79. The third-order valence-corrected chi connectivity index (χ3v) is 4.69. The first-order chi connectivity index (χ1) is 15.6. The van der Waals surface area contributed by atoms with Crippen molar-refractivity contribution < 1.29 is 39.3 Å². The Balaban J connectivity index is 5.13. The van der Waals surface area contributed by atoms with Crippen LogP contribution in [-0.2, 0) is 24.0 Å². The van der Waals surface area contributed by atoms with E-state index in [1.165, 1.54) is 0 Å². The number of aliphatic hydroxyl groups is 1. The van der Waals surface area contributed by atoms with Crippen LogP contribution in [0.3, 0.4) is 0 Å². The summed E-state index contributed by atoms with van der Waals surface area (Å²) in [5.41, 5.74) is 16.5. The first-order valence-electron chi connectivity index (χ1n) is 10.7. The molecule has 0 aliphatic rings. The van der Waals surface area contributed by atoms with Gasteiger partial charge in [0.25, 0.3) is 0 Å². The highest BCUT2D eigenvalue weighted by Gasteiger charge is 2.31. The molecule has 0 spiro atoms. The van der Waals surface area contributed by atoms with Crippen LogP contribution >= 0.6 is 0 Å². The van der Waals surface area contributed by atoms with Crippen molar-refractivity contribution in [2.24, 2.45) is 17.2 Å². The van der Waals surface area contributed by atoms with Crippen molar-refractivity contribution in [2.45, 2.75) is 69.1 Å². The molecule has 0 saturated carbocycles. The van der Waals surface area contributed by atoms with E-state index in [2.05, 4.69) is 16.0 Å². The molecular formula is C19H36N6O8. The molecule has 14 heteroatoms. The number of nitrogens with one attached hydrogen (secondary N) is 3. The van der Waals surface area contributed by atoms with Gasteiger partial charge in [0.05, 0.1) is 19.1 Å². The molecule has 3 amide bonds. The lowest BCUT2D eigenvalue weighted by Gasteiger charge is -2.23. The lowest BCUT2D eigenvalue weighted by molar-refractivity contribution is -0.143. The Morgan fingerprint density at radius 3 is 1.67 bits per heavy atom. The summed E-state index contributed by atoms with van der Waals surface area (Å²) in [6, 6.07) is -5.41. The zero-order chi connectivity index (χ0) is 25.4. The summed E-state index contributed by atoms with van der Waals surface area (Å²) >= 11 is 0. The smallest absolute Gasteiger partial charge is 0.326 e. The number of carboxylic acids is 2. The molecule has 0 radical (unpaired) electrons. The van der Waals surface area contributed by atoms with Crippen molar-refractivity contribution in [1.82, 2.24) is 16.0 Å². The maximum absolute atomic E-state index is 12.5. The van der Waals surface area contributed by atoms with Crippen LogP contribution in [0, 0.1) is 0 Å². The average Bonchev–Trinajstić information content (AvgIpc) is 2.75. The van der Waals surface area contributed by atoms with Crippen molar-refractivity contribution in [3.63, 3.8) is 0 Å². The summed E-state index contributed by atoms with van der Waals surface area (Å²) in [5, 5.41) is 34.4. The van der Waals surface area contributed by atoms with Crippen LogP contribution in [0.25, 0.3) is 0 Å². The number of carbonyl (C=O) groups is 5. The molecule has 0 fully saturated rings. The summed E-state index contributed by atoms with van der Waals surface area (Å²) < 4.78 is 0. The second kappa shape index (κ2) is 16.8. The highest BCUT2D eigenvalue weighted by Crippen LogP contribution is 2.03. The monoisotopic (exact) mass is 476 g/mol. The van der Waals surface area contributed by atoms with E-state index in [4.69, 9.17) is 22.3 Å². The third kappa shape index (κ3) is 12.7. The van der Waals surface area contributed by atoms with Gasteiger partial charge in [-0.15, -0.1) is 0 Å². The van der Waals surface area contributed by atoms with E-state index >= 15 is 0 Å². The number of rotatable bonds is 18. The Labute approximate surface area is 191 Å². The largest absolute Gasteiger partial charge is 0.481 e. The second-order valence-corrected chi connectivity index (χ2v) is 7.48. The number of aliphatic carboxylic acids is 2. The number of amides is 3. The quantitative estimate of drug-likeness (QED) is 0.0879. The molecule has 12 N–H and O–H groups in total. The van der Waals surface area contributed by atoms with Gasteiger partial charge in [-0.3, -0.25) is 19.2 Å². The van der Waals surface area contributed by atoms with Gasteiger partial charge in [-0.2, -0.15) is 0 Å². The van der Waals surface area contributed by atoms with Gasteiger partial charge in [0.1, 0.15) is 18.1 Å². The van der Waals surface area contributed by atoms with Crippen molar-refractivity contribution in [3.8, 4) is 0 Å². The molecule has 0 aromatic rings. The number of hydrogen-bond donors (Lipinski definition) is 9. The van der Waals surface area contributed by atoms with Gasteiger partial charge in [0, 0.05) is 0 Å². The minimum atomic E-state index is -1.57. The highest BCUT2D eigenvalue weighted by molar-refractivity contribution is 5.95. The molecule has 0 bridgehead atoms. The van der Waals surface area contributed by atoms with Crippen molar-refractivity contribution in [2.75, 3.05) is 19.7 Å². The highest BCUT2D eigenvalue weighted by atomic mass is 16.4. The maximum Gasteiger partial charge on any atom is 0.326 e. The molecule has 0 aliphatic carbocycles. The Morgan fingerprint density at radius 2 is 1.18 bits per heavy atom.